The standard InChI is InChI=1S/C26H14.C20H12/c1-2-8-17-16(7-1)20-11-13-22-18-9-3-5-15-6-4-10-19(24(15)18)23-14-12-21(17)25(20)26(22)23;1-5-13-6-2-11-17-18-12-4-8-14-7-3-10-16(20(14)18)15(9-1)19(13)17/h1-14H;1-12H. The minimum absolute atomic E-state index is 1.32. The van der Waals surface area contributed by atoms with E-state index in [4.69, 9.17) is 0 Å². The summed E-state index contributed by atoms with van der Waals surface area (Å²) in [5.41, 5.74) is 5.48. The van der Waals surface area contributed by atoms with Crippen LogP contribution in [0, 0.1) is 0 Å². The molecule has 46 heavy (non-hydrogen) atoms. The quantitative estimate of drug-likeness (QED) is 0.124. The minimum atomic E-state index is 1.32. The van der Waals surface area contributed by atoms with E-state index < -0.39 is 0 Å². The lowest BCUT2D eigenvalue weighted by molar-refractivity contribution is 1.70. The zero-order valence-corrected chi connectivity index (χ0v) is 25.0. The summed E-state index contributed by atoms with van der Waals surface area (Å²) in [5, 5.41) is 21.9. The Morgan fingerprint density at radius 1 is 0.174 bits per heavy atom. The molecule has 0 fully saturated rings. The van der Waals surface area contributed by atoms with E-state index >= 15 is 0 Å². The molecule has 0 heteroatoms. The van der Waals surface area contributed by atoms with E-state index in [0.717, 1.165) is 0 Å². The van der Waals surface area contributed by atoms with Gasteiger partial charge in [-0.25, -0.2) is 0 Å². The third-order valence-corrected chi connectivity index (χ3v) is 10.5. The molecule has 0 radical (unpaired) electrons. The average Bonchev–Trinajstić information content (AvgIpc) is 3.45. The molecule has 0 atom stereocenters. The molecule has 0 saturated heterocycles. The molecule has 1 aliphatic carbocycles. The molecule has 0 N–H and O–H groups in total. The highest BCUT2D eigenvalue weighted by Crippen LogP contribution is 2.52. The Bertz CT molecular complexity index is 2740. The molecule has 0 nitrogen and oxygen atoms in total. The van der Waals surface area contributed by atoms with Gasteiger partial charge in [-0.2, -0.15) is 0 Å². The lowest BCUT2D eigenvalue weighted by Crippen LogP contribution is -1.87. The molecule has 0 spiro atoms. The maximum atomic E-state index is 2.33. The normalized spacial score (nSPS) is 12.3. The molecule has 1 aliphatic rings. The van der Waals surface area contributed by atoms with Crippen molar-refractivity contribution in [2.24, 2.45) is 0 Å². The fourth-order valence-corrected chi connectivity index (χ4v) is 8.72. The van der Waals surface area contributed by atoms with Crippen LogP contribution < -0.4 is 0 Å². The highest BCUT2D eigenvalue weighted by Gasteiger charge is 2.24. The first-order valence-corrected chi connectivity index (χ1v) is 16.1. The maximum Gasteiger partial charge on any atom is -0.00139 e. The van der Waals surface area contributed by atoms with Gasteiger partial charge in [0.25, 0.3) is 0 Å². The zero-order chi connectivity index (χ0) is 29.9. The molecule has 0 aromatic heterocycles. The predicted octanol–water partition coefficient (Wildman–Crippen LogP) is 13.1. The molecule has 11 aromatic rings. The molecule has 0 bridgehead atoms. The van der Waals surface area contributed by atoms with Crippen LogP contribution >= 0.6 is 0 Å². The predicted molar refractivity (Wildman–Crippen MR) is 200 cm³/mol. The molecule has 0 aliphatic heterocycles. The van der Waals surface area contributed by atoms with Crippen LogP contribution in [-0.2, 0) is 0 Å². The Morgan fingerprint density at radius 3 is 0.804 bits per heavy atom. The van der Waals surface area contributed by atoms with Gasteiger partial charge in [0.05, 0.1) is 0 Å². The van der Waals surface area contributed by atoms with Crippen molar-refractivity contribution in [2.45, 2.75) is 0 Å². The summed E-state index contributed by atoms with van der Waals surface area (Å²) in [6.45, 7) is 0. The Balaban J connectivity index is 0.000000118. The minimum Gasteiger partial charge on any atom is -0.0616 e. The molecular weight excluding hydrogens is 553 g/mol. The van der Waals surface area contributed by atoms with Gasteiger partial charge in [-0.3, -0.25) is 0 Å². The second-order valence-electron chi connectivity index (χ2n) is 12.7. The second-order valence-corrected chi connectivity index (χ2v) is 12.7. The smallest absolute Gasteiger partial charge is 0.00139 e. The van der Waals surface area contributed by atoms with Crippen LogP contribution in [0.2, 0.25) is 0 Å². The van der Waals surface area contributed by atoms with Crippen LogP contribution in [0.5, 0.6) is 0 Å². The Labute approximate surface area is 265 Å². The Morgan fingerprint density at radius 2 is 0.478 bits per heavy atom. The number of benzene rings is 11. The summed E-state index contributed by atoms with van der Waals surface area (Å²) in [6.07, 6.45) is 0. The van der Waals surface area contributed by atoms with Crippen molar-refractivity contribution < 1.29 is 0 Å². The molecule has 0 amide bonds. The Hall–Kier alpha value is -5.98. The summed E-state index contributed by atoms with van der Waals surface area (Å²) in [6, 6.07) is 57.9. The van der Waals surface area contributed by atoms with Crippen molar-refractivity contribution in [3.8, 4) is 22.3 Å². The van der Waals surface area contributed by atoms with E-state index in [-0.39, 0.29) is 0 Å². The van der Waals surface area contributed by atoms with E-state index in [9.17, 15) is 0 Å². The van der Waals surface area contributed by atoms with E-state index in [1.165, 1.54) is 108 Å². The molecule has 0 unspecified atom stereocenters. The van der Waals surface area contributed by atoms with Crippen molar-refractivity contribution >= 4 is 86.2 Å². The van der Waals surface area contributed by atoms with E-state index in [1.807, 2.05) is 0 Å². The number of hydrogen-bond acceptors (Lipinski definition) is 0. The van der Waals surface area contributed by atoms with Gasteiger partial charge in [0.1, 0.15) is 0 Å². The first-order valence-electron chi connectivity index (χ1n) is 16.1. The highest BCUT2D eigenvalue weighted by atomic mass is 14.3. The second kappa shape index (κ2) is 8.81. The summed E-state index contributed by atoms with van der Waals surface area (Å²) in [4.78, 5) is 0. The van der Waals surface area contributed by atoms with Crippen LogP contribution in [0.25, 0.3) is 108 Å². The van der Waals surface area contributed by atoms with Gasteiger partial charge in [-0.05, 0) is 108 Å². The first kappa shape index (κ1) is 24.4. The van der Waals surface area contributed by atoms with Crippen LogP contribution in [0.4, 0.5) is 0 Å². The molecule has 0 saturated carbocycles. The van der Waals surface area contributed by atoms with Gasteiger partial charge < -0.3 is 0 Å². The highest BCUT2D eigenvalue weighted by molar-refractivity contribution is 6.37. The van der Waals surface area contributed by atoms with Gasteiger partial charge in [0.2, 0.25) is 0 Å². The summed E-state index contributed by atoms with van der Waals surface area (Å²) in [7, 11) is 0. The molecule has 11 aromatic carbocycles. The first-order chi connectivity index (χ1) is 22.8. The summed E-state index contributed by atoms with van der Waals surface area (Å²) >= 11 is 0. The monoisotopic (exact) mass is 578 g/mol. The van der Waals surface area contributed by atoms with Crippen molar-refractivity contribution in [1.82, 2.24) is 0 Å². The maximum absolute atomic E-state index is 2.33. The van der Waals surface area contributed by atoms with E-state index in [0.29, 0.717) is 0 Å². The van der Waals surface area contributed by atoms with Crippen LogP contribution in [-0.4, -0.2) is 0 Å². The number of rotatable bonds is 0. The number of hydrogen-bond donors (Lipinski definition) is 0. The molecular formula is C46H26. The fraction of sp³-hybridized carbons (Fsp3) is 0. The molecule has 12 rings (SSSR count). The van der Waals surface area contributed by atoms with E-state index in [1.54, 1.807) is 0 Å². The van der Waals surface area contributed by atoms with Gasteiger partial charge in [-0.1, -0.05) is 158 Å². The molecule has 0 heterocycles. The summed E-state index contributed by atoms with van der Waals surface area (Å²) in [5.74, 6) is 0. The van der Waals surface area contributed by atoms with Crippen molar-refractivity contribution in [3.05, 3.63) is 158 Å². The fourth-order valence-electron chi connectivity index (χ4n) is 8.72. The van der Waals surface area contributed by atoms with Gasteiger partial charge in [-0.15, -0.1) is 0 Å². The largest absolute Gasteiger partial charge is 0.0616 e. The van der Waals surface area contributed by atoms with Crippen LogP contribution in [0.1, 0.15) is 0 Å². The molecule has 210 valence electrons. The van der Waals surface area contributed by atoms with Crippen LogP contribution in [0.3, 0.4) is 0 Å². The van der Waals surface area contributed by atoms with Gasteiger partial charge in [0.15, 0.2) is 0 Å². The third-order valence-electron chi connectivity index (χ3n) is 10.5. The third kappa shape index (κ3) is 3.04. The topological polar surface area (TPSA) is 0 Å². The van der Waals surface area contributed by atoms with Gasteiger partial charge >= 0.3 is 0 Å². The SMILES string of the molecule is c1cc2cccc3c4cccc5cccc(c(c1)c23)c54.c1ccc2c(c1)-c1ccc3c4cccc5cccc(c6ccc-2c1c36)c54. The average molecular weight is 579 g/mol. The van der Waals surface area contributed by atoms with Crippen molar-refractivity contribution in [2.75, 3.05) is 0 Å². The van der Waals surface area contributed by atoms with Crippen LogP contribution in [0.15, 0.2) is 158 Å². The van der Waals surface area contributed by atoms with Gasteiger partial charge in [0, 0.05) is 0 Å². The Kier molecular flexibility index (Phi) is 4.66. The van der Waals surface area contributed by atoms with Crippen molar-refractivity contribution in [1.29, 1.82) is 0 Å². The number of fused-ring (bicyclic) bond motifs is 7. The lowest BCUT2D eigenvalue weighted by atomic mass is 9.88. The van der Waals surface area contributed by atoms with Crippen molar-refractivity contribution in [3.63, 3.8) is 0 Å². The van der Waals surface area contributed by atoms with E-state index in [2.05, 4.69) is 158 Å². The lowest BCUT2D eigenvalue weighted by Gasteiger charge is -2.15. The zero-order valence-electron chi connectivity index (χ0n) is 25.0. The summed E-state index contributed by atoms with van der Waals surface area (Å²) < 4.78 is 0.